The van der Waals surface area contributed by atoms with Crippen LogP contribution < -0.4 is 0 Å². The topological polar surface area (TPSA) is 45.5 Å². The summed E-state index contributed by atoms with van der Waals surface area (Å²) in [6.45, 7) is 1.25. The van der Waals surface area contributed by atoms with Gasteiger partial charge in [0.2, 0.25) is 0 Å². The van der Waals surface area contributed by atoms with Crippen molar-refractivity contribution >= 4 is 5.91 Å². The molecule has 1 aromatic heterocycles. The minimum atomic E-state index is -0.350. The van der Waals surface area contributed by atoms with Crippen molar-refractivity contribution < 1.29 is 9.90 Å². The van der Waals surface area contributed by atoms with Crippen LogP contribution >= 0.6 is 0 Å². The van der Waals surface area contributed by atoms with E-state index in [1.165, 1.54) is 12.8 Å². The van der Waals surface area contributed by atoms with Crippen LogP contribution in [0.1, 0.15) is 42.2 Å². The van der Waals surface area contributed by atoms with Crippen molar-refractivity contribution in [1.29, 1.82) is 0 Å². The molecule has 0 unspecified atom stereocenters. The number of aliphatic hydroxyl groups excluding tert-OH is 1. The van der Waals surface area contributed by atoms with E-state index in [-0.39, 0.29) is 12.0 Å². The summed E-state index contributed by atoms with van der Waals surface area (Å²) >= 11 is 0. The molecule has 1 saturated carbocycles. The molecular weight excluding hydrogens is 216 g/mol. The summed E-state index contributed by atoms with van der Waals surface area (Å²) in [6.07, 6.45) is 5.71. The fourth-order valence-electron chi connectivity index (χ4n) is 2.55. The Morgan fingerprint density at radius 1 is 1.35 bits per heavy atom. The Balaban J connectivity index is 1.78. The molecule has 4 nitrogen and oxygen atoms in total. The number of nitrogens with zero attached hydrogens (tertiary/aromatic N) is 2. The van der Waals surface area contributed by atoms with E-state index < -0.39 is 0 Å². The van der Waals surface area contributed by atoms with Crippen LogP contribution in [0.4, 0.5) is 0 Å². The number of hydrogen-bond donors (Lipinski definition) is 1. The van der Waals surface area contributed by atoms with Gasteiger partial charge in [-0.25, -0.2) is 0 Å². The largest absolute Gasteiger partial charge is 0.391 e. The Hall–Kier alpha value is -1.29. The van der Waals surface area contributed by atoms with E-state index >= 15 is 0 Å². The maximum Gasteiger partial charge on any atom is 0.270 e. The Morgan fingerprint density at radius 3 is 2.88 bits per heavy atom. The molecular formula is C13H18N2O2. The molecule has 92 valence electrons. The van der Waals surface area contributed by atoms with Crippen LogP contribution in [-0.4, -0.2) is 39.7 Å². The average Bonchev–Trinajstić information content (AvgIpc) is 3.06. The van der Waals surface area contributed by atoms with E-state index in [0.29, 0.717) is 12.6 Å². The molecule has 1 aliphatic heterocycles. The van der Waals surface area contributed by atoms with Crippen molar-refractivity contribution in [1.82, 2.24) is 9.47 Å². The van der Waals surface area contributed by atoms with Gasteiger partial charge in [-0.1, -0.05) is 0 Å². The molecule has 1 aliphatic carbocycles. The lowest BCUT2D eigenvalue weighted by molar-refractivity contribution is 0.0465. The zero-order chi connectivity index (χ0) is 11.8. The fourth-order valence-corrected chi connectivity index (χ4v) is 2.55. The first-order valence-corrected chi connectivity index (χ1v) is 6.40. The molecule has 2 heterocycles. The number of likely N-dealkylation sites (tertiary alicyclic amines) is 1. The number of β-amino-alcohol motifs (C(OH)–C–C–N with tert-alkyl or cyclic N) is 1. The Kier molecular flexibility index (Phi) is 2.67. The highest BCUT2D eigenvalue weighted by molar-refractivity contribution is 5.93. The van der Waals surface area contributed by atoms with E-state index in [1.807, 2.05) is 18.3 Å². The van der Waals surface area contributed by atoms with Crippen LogP contribution in [0.15, 0.2) is 18.3 Å². The fraction of sp³-hybridized carbons (Fsp3) is 0.615. The minimum Gasteiger partial charge on any atom is -0.391 e. The first-order valence-electron chi connectivity index (χ1n) is 6.40. The SMILES string of the molecule is O=C(c1cccn1C1CC1)N1CCC[C@H](O)C1. The summed E-state index contributed by atoms with van der Waals surface area (Å²) in [5, 5.41) is 9.62. The number of amides is 1. The van der Waals surface area contributed by atoms with Crippen LogP contribution in [0.3, 0.4) is 0 Å². The molecule has 3 rings (SSSR count). The van der Waals surface area contributed by atoms with Crippen molar-refractivity contribution in [2.45, 2.75) is 37.8 Å². The predicted molar refractivity (Wildman–Crippen MR) is 63.8 cm³/mol. The zero-order valence-corrected chi connectivity index (χ0v) is 9.88. The van der Waals surface area contributed by atoms with Crippen LogP contribution in [-0.2, 0) is 0 Å². The molecule has 1 aromatic rings. The summed E-state index contributed by atoms with van der Waals surface area (Å²) in [7, 11) is 0. The van der Waals surface area contributed by atoms with Crippen molar-refractivity contribution in [3.63, 3.8) is 0 Å². The average molecular weight is 234 g/mol. The van der Waals surface area contributed by atoms with Crippen LogP contribution in [0.25, 0.3) is 0 Å². The molecule has 2 fully saturated rings. The second-order valence-corrected chi connectivity index (χ2v) is 5.08. The molecule has 0 bridgehead atoms. The lowest BCUT2D eigenvalue weighted by Gasteiger charge is -2.30. The predicted octanol–water partition coefficient (Wildman–Crippen LogP) is 1.42. The van der Waals surface area contributed by atoms with Gasteiger partial charge in [-0.15, -0.1) is 0 Å². The lowest BCUT2D eigenvalue weighted by Crippen LogP contribution is -2.42. The highest BCUT2D eigenvalue weighted by Crippen LogP contribution is 2.36. The second kappa shape index (κ2) is 4.18. The summed E-state index contributed by atoms with van der Waals surface area (Å²) in [4.78, 5) is 14.1. The molecule has 1 N–H and O–H groups in total. The van der Waals surface area contributed by atoms with Crippen molar-refractivity contribution in [3.05, 3.63) is 24.0 Å². The van der Waals surface area contributed by atoms with E-state index in [2.05, 4.69) is 4.57 Å². The van der Waals surface area contributed by atoms with Crippen LogP contribution in [0.5, 0.6) is 0 Å². The minimum absolute atomic E-state index is 0.0700. The molecule has 0 radical (unpaired) electrons. The van der Waals surface area contributed by atoms with E-state index in [1.54, 1.807) is 4.90 Å². The zero-order valence-electron chi connectivity index (χ0n) is 9.88. The molecule has 0 aromatic carbocycles. The lowest BCUT2D eigenvalue weighted by atomic mass is 10.1. The van der Waals surface area contributed by atoms with Gasteiger partial charge in [0.1, 0.15) is 5.69 Å². The van der Waals surface area contributed by atoms with Crippen molar-refractivity contribution in [2.24, 2.45) is 0 Å². The Morgan fingerprint density at radius 2 is 2.18 bits per heavy atom. The van der Waals surface area contributed by atoms with E-state index in [9.17, 15) is 9.90 Å². The first kappa shape index (κ1) is 10.8. The maximum atomic E-state index is 12.4. The van der Waals surface area contributed by atoms with Crippen LogP contribution in [0, 0.1) is 0 Å². The number of carbonyl (C=O) groups is 1. The highest BCUT2D eigenvalue weighted by Gasteiger charge is 2.30. The van der Waals surface area contributed by atoms with Gasteiger partial charge in [0.15, 0.2) is 0 Å². The normalized spacial score (nSPS) is 25.0. The van der Waals surface area contributed by atoms with E-state index in [0.717, 1.165) is 25.1 Å². The molecule has 4 heteroatoms. The van der Waals surface area contributed by atoms with Gasteiger partial charge in [0.25, 0.3) is 5.91 Å². The number of carbonyl (C=O) groups excluding carboxylic acids is 1. The third-order valence-corrected chi connectivity index (χ3v) is 3.62. The van der Waals surface area contributed by atoms with Crippen molar-refractivity contribution in [3.8, 4) is 0 Å². The van der Waals surface area contributed by atoms with Gasteiger partial charge in [-0.05, 0) is 37.8 Å². The standard InChI is InChI=1S/C13H18N2O2/c16-11-3-1-7-14(9-11)13(17)12-4-2-8-15(12)10-5-6-10/h2,4,8,10-11,16H,1,3,5-7,9H2/t11-/m0/s1. The summed E-state index contributed by atoms with van der Waals surface area (Å²) < 4.78 is 2.09. The first-order chi connectivity index (χ1) is 8.25. The third kappa shape index (κ3) is 2.09. The molecule has 2 aliphatic rings. The number of aromatic nitrogens is 1. The molecule has 1 atom stereocenters. The number of piperidine rings is 1. The van der Waals surface area contributed by atoms with Gasteiger partial charge in [-0.2, -0.15) is 0 Å². The van der Waals surface area contributed by atoms with Gasteiger partial charge in [0.05, 0.1) is 6.10 Å². The Labute approximate surface area is 101 Å². The summed E-state index contributed by atoms with van der Waals surface area (Å²) in [5.74, 6) is 0.0700. The number of rotatable bonds is 2. The number of aliphatic hydroxyl groups is 1. The van der Waals surface area contributed by atoms with Gasteiger partial charge in [-0.3, -0.25) is 4.79 Å². The molecule has 1 amide bonds. The molecule has 17 heavy (non-hydrogen) atoms. The van der Waals surface area contributed by atoms with Gasteiger partial charge in [0, 0.05) is 25.3 Å². The summed E-state index contributed by atoms with van der Waals surface area (Å²) in [6, 6.07) is 4.35. The Bertz CT molecular complexity index is 423. The highest BCUT2D eigenvalue weighted by atomic mass is 16.3. The van der Waals surface area contributed by atoms with Gasteiger partial charge < -0.3 is 14.6 Å². The van der Waals surface area contributed by atoms with Gasteiger partial charge >= 0.3 is 0 Å². The summed E-state index contributed by atoms with van der Waals surface area (Å²) in [5.41, 5.74) is 0.779. The number of hydrogen-bond acceptors (Lipinski definition) is 2. The molecule has 0 spiro atoms. The quantitative estimate of drug-likeness (QED) is 0.841. The maximum absolute atomic E-state index is 12.4. The smallest absolute Gasteiger partial charge is 0.270 e. The second-order valence-electron chi connectivity index (χ2n) is 5.08. The van der Waals surface area contributed by atoms with E-state index in [4.69, 9.17) is 0 Å². The van der Waals surface area contributed by atoms with Crippen molar-refractivity contribution in [2.75, 3.05) is 13.1 Å². The monoisotopic (exact) mass is 234 g/mol. The molecule has 1 saturated heterocycles. The van der Waals surface area contributed by atoms with Crippen LogP contribution in [0.2, 0.25) is 0 Å². The third-order valence-electron chi connectivity index (χ3n) is 3.62.